The molecular weight excluding hydrogens is 436 g/mol. The number of hydrogen-bond donors (Lipinski definition) is 4. The van der Waals surface area contributed by atoms with E-state index in [0.717, 1.165) is 50.7 Å². The lowest BCUT2D eigenvalue weighted by atomic mass is 9.46. The molecule has 1 amide bonds. The number of carbonyl (C=O) groups excluding carboxylic acids is 1. The van der Waals surface area contributed by atoms with Crippen molar-refractivity contribution < 1.29 is 29.7 Å². The Morgan fingerprint density at radius 1 is 1.24 bits per heavy atom. The van der Waals surface area contributed by atoms with E-state index < -0.39 is 36.7 Å². The Hall–Kier alpha value is -2.37. The lowest BCUT2D eigenvalue weighted by Crippen LogP contribution is -2.54. The number of hydrogen-bond acceptors (Lipinski definition) is 6. The molecular formula is C26H36N2O6. The summed E-state index contributed by atoms with van der Waals surface area (Å²) in [5, 5.41) is 35.4. The van der Waals surface area contributed by atoms with Crippen LogP contribution in [-0.4, -0.2) is 57.8 Å². The molecule has 4 aliphatic rings. The lowest BCUT2D eigenvalue weighted by Gasteiger charge is -2.58. The van der Waals surface area contributed by atoms with Crippen molar-refractivity contribution in [1.29, 1.82) is 0 Å². The summed E-state index contributed by atoms with van der Waals surface area (Å²) in [4.78, 5) is 28.0. The second kappa shape index (κ2) is 9.01. The van der Waals surface area contributed by atoms with Crippen LogP contribution in [0.4, 0.5) is 0 Å². The van der Waals surface area contributed by atoms with Gasteiger partial charge in [0, 0.05) is 5.41 Å². The number of carboxylic acids is 1. The van der Waals surface area contributed by atoms with Crippen LogP contribution in [0.5, 0.6) is 0 Å². The molecule has 0 saturated heterocycles. The van der Waals surface area contributed by atoms with E-state index in [0.29, 0.717) is 24.2 Å². The third-order valence-electron chi connectivity index (χ3n) is 9.56. The van der Waals surface area contributed by atoms with Gasteiger partial charge < -0.3 is 25.5 Å². The molecule has 0 bridgehead atoms. The Labute approximate surface area is 200 Å². The molecule has 186 valence electrons. The number of nitrogens with zero attached hydrogens (tertiary/aromatic N) is 1. The molecule has 4 rings (SSSR count). The Balaban J connectivity index is 1.42. The van der Waals surface area contributed by atoms with E-state index >= 15 is 0 Å². The van der Waals surface area contributed by atoms with Gasteiger partial charge in [0.25, 0.3) is 5.91 Å². The number of amides is 1. The van der Waals surface area contributed by atoms with Gasteiger partial charge in [-0.1, -0.05) is 30.5 Å². The van der Waals surface area contributed by atoms with Crippen LogP contribution < -0.4 is 5.32 Å². The number of rotatable bonds is 6. The van der Waals surface area contributed by atoms with E-state index in [1.165, 1.54) is 5.57 Å². The van der Waals surface area contributed by atoms with Crippen LogP contribution in [0.15, 0.2) is 16.8 Å². The summed E-state index contributed by atoms with van der Waals surface area (Å²) < 4.78 is 0. The van der Waals surface area contributed by atoms with Crippen molar-refractivity contribution in [2.45, 2.75) is 76.9 Å². The predicted molar refractivity (Wildman–Crippen MR) is 126 cm³/mol. The number of allylic oxidation sites excluding steroid dienone is 2. The van der Waals surface area contributed by atoms with E-state index in [1.807, 2.05) is 0 Å². The SMILES string of the molecule is C#C[C@@]1(O)CC[C@H]2[C@@H]3CCC4=CC(=NOCC(=O)N[C@@H](CO)C(=O)O)CC[C@]4(C)[C@H]3CC[C@@]21C. The summed E-state index contributed by atoms with van der Waals surface area (Å²) in [5.74, 6) is 2.37. The maximum Gasteiger partial charge on any atom is 0.328 e. The van der Waals surface area contributed by atoms with Crippen LogP contribution >= 0.6 is 0 Å². The monoisotopic (exact) mass is 472 g/mol. The first-order valence-corrected chi connectivity index (χ1v) is 12.3. The number of aliphatic carboxylic acids is 1. The molecule has 0 heterocycles. The Kier molecular flexibility index (Phi) is 6.56. The Morgan fingerprint density at radius 3 is 2.65 bits per heavy atom. The number of oxime groups is 1. The molecule has 3 fully saturated rings. The summed E-state index contributed by atoms with van der Waals surface area (Å²) >= 11 is 0. The highest BCUT2D eigenvalue weighted by Gasteiger charge is 2.63. The van der Waals surface area contributed by atoms with Crippen molar-refractivity contribution in [3.05, 3.63) is 11.6 Å². The van der Waals surface area contributed by atoms with Gasteiger partial charge in [-0.05, 0) is 80.6 Å². The minimum absolute atomic E-state index is 0.0906. The third-order valence-corrected chi connectivity index (χ3v) is 9.56. The first kappa shape index (κ1) is 24.7. The zero-order chi connectivity index (χ0) is 24.7. The largest absolute Gasteiger partial charge is 0.480 e. The maximum absolute atomic E-state index is 11.9. The first-order valence-electron chi connectivity index (χ1n) is 12.3. The van der Waals surface area contributed by atoms with Crippen LogP contribution in [0.3, 0.4) is 0 Å². The fraction of sp³-hybridized carbons (Fsp3) is 0.731. The standard InChI is InChI=1S/C26H36N2O6/c1-4-26(33)12-9-20-18-6-5-16-13-17(28-34-15-22(30)27-21(14-29)23(31)32)7-10-24(16,2)19(18)8-11-25(20,26)3/h1,13,18-21,29,33H,5-12,14-15H2,2-3H3,(H,27,30)(H,31,32)/t18-,19+,20+,21+,24+,25+,26-/m1/s1. The summed E-state index contributed by atoms with van der Waals surface area (Å²) in [6.45, 7) is 3.47. The number of aliphatic hydroxyl groups excluding tert-OH is 1. The van der Waals surface area contributed by atoms with Gasteiger partial charge in [-0.25, -0.2) is 4.79 Å². The predicted octanol–water partition coefficient (Wildman–Crippen LogP) is 2.25. The van der Waals surface area contributed by atoms with Gasteiger partial charge in [-0.15, -0.1) is 6.42 Å². The van der Waals surface area contributed by atoms with E-state index in [4.69, 9.17) is 21.5 Å². The maximum atomic E-state index is 11.9. The van der Waals surface area contributed by atoms with Crippen molar-refractivity contribution >= 4 is 17.6 Å². The van der Waals surface area contributed by atoms with Crippen LogP contribution in [0.25, 0.3) is 0 Å². The average molecular weight is 473 g/mol. The van der Waals surface area contributed by atoms with Gasteiger partial charge in [0.1, 0.15) is 11.6 Å². The minimum Gasteiger partial charge on any atom is -0.480 e. The van der Waals surface area contributed by atoms with Gasteiger partial charge in [0.2, 0.25) is 0 Å². The zero-order valence-corrected chi connectivity index (χ0v) is 20.0. The topological polar surface area (TPSA) is 128 Å². The first-order chi connectivity index (χ1) is 16.1. The van der Waals surface area contributed by atoms with Crippen LogP contribution in [0.2, 0.25) is 0 Å². The molecule has 7 atom stereocenters. The van der Waals surface area contributed by atoms with Gasteiger partial charge >= 0.3 is 5.97 Å². The third kappa shape index (κ3) is 3.93. The number of carbonyl (C=O) groups is 2. The number of fused-ring (bicyclic) bond motifs is 5. The van der Waals surface area contributed by atoms with Gasteiger partial charge in [-0.3, -0.25) is 4.79 Å². The van der Waals surface area contributed by atoms with Crippen molar-refractivity contribution in [3.63, 3.8) is 0 Å². The molecule has 34 heavy (non-hydrogen) atoms. The molecule has 0 aromatic rings. The Bertz CT molecular complexity index is 953. The number of aliphatic hydroxyl groups is 2. The molecule has 0 spiro atoms. The van der Waals surface area contributed by atoms with Crippen LogP contribution in [0, 0.1) is 40.9 Å². The van der Waals surface area contributed by atoms with E-state index in [2.05, 4.69) is 36.3 Å². The highest BCUT2D eigenvalue weighted by Crippen LogP contribution is 2.67. The quantitative estimate of drug-likeness (QED) is 0.347. The van der Waals surface area contributed by atoms with Crippen LogP contribution in [-0.2, 0) is 14.4 Å². The minimum atomic E-state index is -1.36. The normalized spacial score (nSPS) is 40.7. The second-order valence-corrected chi connectivity index (χ2v) is 11.0. The highest BCUT2D eigenvalue weighted by atomic mass is 16.6. The molecule has 0 aromatic carbocycles. The molecule has 0 aliphatic heterocycles. The molecule has 0 radical (unpaired) electrons. The fourth-order valence-electron chi connectivity index (χ4n) is 7.49. The second-order valence-electron chi connectivity index (χ2n) is 11.0. The molecule has 8 nitrogen and oxygen atoms in total. The summed E-state index contributed by atoms with van der Waals surface area (Å²) in [6.07, 6.45) is 15.4. The number of carboxylic acid groups (broad SMARTS) is 1. The summed E-state index contributed by atoms with van der Waals surface area (Å²) in [6, 6.07) is -1.36. The highest BCUT2D eigenvalue weighted by molar-refractivity contribution is 5.96. The Morgan fingerprint density at radius 2 is 1.97 bits per heavy atom. The van der Waals surface area contributed by atoms with E-state index in [9.17, 15) is 14.7 Å². The molecule has 4 N–H and O–H groups in total. The zero-order valence-electron chi connectivity index (χ0n) is 20.0. The average Bonchev–Trinajstić information content (AvgIpc) is 3.08. The molecule has 3 saturated carbocycles. The molecule has 0 aromatic heterocycles. The lowest BCUT2D eigenvalue weighted by molar-refractivity contribution is -0.143. The molecule has 8 heteroatoms. The van der Waals surface area contributed by atoms with Crippen LogP contribution in [0.1, 0.15) is 65.2 Å². The summed E-state index contributed by atoms with van der Waals surface area (Å²) in [7, 11) is 0. The summed E-state index contributed by atoms with van der Waals surface area (Å²) in [5.41, 5.74) is 1.07. The van der Waals surface area contributed by atoms with Crippen molar-refractivity contribution in [2.24, 2.45) is 33.7 Å². The van der Waals surface area contributed by atoms with E-state index in [1.54, 1.807) is 0 Å². The number of terminal acetylenes is 1. The molecule has 0 unspecified atom stereocenters. The van der Waals surface area contributed by atoms with Crippen molar-refractivity contribution in [2.75, 3.05) is 13.2 Å². The van der Waals surface area contributed by atoms with Gasteiger partial charge in [0.05, 0.1) is 12.3 Å². The van der Waals surface area contributed by atoms with E-state index in [-0.39, 0.29) is 10.8 Å². The van der Waals surface area contributed by atoms with Crippen molar-refractivity contribution in [1.82, 2.24) is 5.32 Å². The smallest absolute Gasteiger partial charge is 0.328 e. The fourth-order valence-corrected chi connectivity index (χ4v) is 7.49. The van der Waals surface area contributed by atoms with Crippen molar-refractivity contribution in [3.8, 4) is 12.3 Å². The molecule has 4 aliphatic carbocycles. The van der Waals surface area contributed by atoms with Gasteiger partial charge in [-0.2, -0.15) is 0 Å². The van der Waals surface area contributed by atoms with Gasteiger partial charge in [0.15, 0.2) is 6.61 Å². The number of nitrogens with one attached hydrogen (secondary N) is 1.